The van der Waals surface area contributed by atoms with Gasteiger partial charge in [0.25, 0.3) is 5.69 Å². The second-order valence-corrected chi connectivity index (χ2v) is 3.91. The van der Waals surface area contributed by atoms with Gasteiger partial charge in [0.15, 0.2) is 0 Å². The molecule has 4 nitrogen and oxygen atoms in total. The highest BCUT2D eigenvalue weighted by Gasteiger charge is 2.09. The lowest BCUT2D eigenvalue weighted by atomic mass is 10.2. The third-order valence-electron chi connectivity index (χ3n) is 2.52. The van der Waals surface area contributed by atoms with Crippen molar-refractivity contribution in [2.75, 3.05) is 0 Å². The van der Waals surface area contributed by atoms with Gasteiger partial charge in [0.2, 0.25) is 0 Å². The molecule has 0 aliphatic rings. The molecule has 0 heterocycles. The first-order valence-corrected chi connectivity index (χ1v) is 5.51. The fraction of sp³-hybridized carbons (Fsp3) is 0.0714. The van der Waals surface area contributed by atoms with Crippen LogP contribution in [0.3, 0.4) is 0 Å². The number of aliphatic imine (C=N–C) groups is 1. The first kappa shape index (κ1) is 12.0. The van der Waals surface area contributed by atoms with Crippen LogP contribution in [0.1, 0.15) is 11.1 Å². The molecule has 18 heavy (non-hydrogen) atoms. The molecule has 0 saturated carbocycles. The Labute approximate surface area is 105 Å². The summed E-state index contributed by atoms with van der Waals surface area (Å²) in [5, 5.41) is 10.8. The van der Waals surface area contributed by atoms with E-state index in [2.05, 4.69) is 4.99 Å². The van der Waals surface area contributed by atoms with Crippen molar-refractivity contribution in [1.29, 1.82) is 0 Å². The molecular formula is C14H12N2O2. The third-order valence-corrected chi connectivity index (χ3v) is 2.52. The fourth-order valence-electron chi connectivity index (χ4n) is 1.54. The smallest absolute Gasteiger partial charge is 0.258 e. The molecule has 0 atom stereocenters. The Morgan fingerprint density at radius 2 is 1.78 bits per heavy atom. The van der Waals surface area contributed by atoms with Crippen LogP contribution in [-0.2, 0) is 0 Å². The van der Waals surface area contributed by atoms with Gasteiger partial charge in [-0.25, -0.2) is 0 Å². The van der Waals surface area contributed by atoms with Gasteiger partial charge in [-0.15, -0.1) is 0 Å². The van der Waals surface area contributed by atoms with Gasteiger partial charge in [-0.3, -0.25) is 15.1 Å². The number of nitro groups is 1. The Kier molecular flexibility index (Phi) is 3.48. The van der Waals surface area contributed by atoms with E-state index < -0.39 is 4.92 Å². The zero-order valence-electron chi connectivity index (χ0n) is 9.91. The van der Waals surface area contributed by atoms with E-state index in [-0.39, 0.29) is 5.69 Å². The number of para-hydroxylation sites is 1. The van der Waals surface area contributed by atoms with E-state index in [1.165, 1.54) is 12.3 Å². The van der Waals surface area contributed by atoms with Crippen LogP contribution in [0.5, 0.6) is 0 Å². The minimum atomic E-state index is -0.406. The average molecular weight is 240 g/mol. The molecule has 0 spiro atoms. The van der Waals surface area contributed by atoms with Crippen molar-refractivity contribution in [3.05, 3.63) is 69.8 Å². The first-order valence-electron chi connectivity index (χ1n) is 5.51. The van der Waals surface area contributed by atoms with Crippen molar-refractivity contribution < 1.29 is 4.92 Å². The molecule has 0 bridgehead atoms. The van der Waals surface area contributed by atoms with Crippen LogP contribution in [0.15, 0.2) is 53.5 Å². The van der Waals surface area contributed by atoms with E-state index in [4.69, 9.17) is 0 Å². The minimum absolute atomic E-state index is 0.0633. The maximum atomic E-state index is 10.8. The topological polar surface area (TPSA) is 55.5 Å². The maximum Gasteiger partial charge on any atom is 0.278 e. The largest absolute Gasteiger partial charge is 0.278 e. The Balaban J connectivity index is 2.29. The summed E-state index contributed by atoms with van der Waals surface area (Å²) in [6.45, 7) is 2.00. The molecule has 0 aliphatic heterocycles. The predicted octanol–water partition coefficient (Wildman–Crippen LogP) is 3.65. The van der Waals surface area contributed by atoms with Crippen LogP contribution in [0, 0.1) is 17.0 Å². The van der Waals surface area contributed by atoms with E-state index in [1.807, 2.05) is 31.2 Å². The standard InChI is InChI=1S/C14H12N2O2/c1-11-6-8-13(9-7-11)15-10-12-4-2-3-5-14(12)16(17)18/h2-10H,1H3/b15-10-. The summed E-state index contributed by atoms with van der Waals surface area (Å²) in [6.07, 6.45) is 1.52. The molecule has 90 valence electrons. The Bertz CT molecular complexity index is 589. The van der Waals surface area contributed by atoms with Gasteiger partial charge in [0, 0.05) is 12.3 Å². The van der Waals surface area contributed by atoms with Gasteiger partial charge in [0.05, 0.1) is 16.2 Å². The number of aryl methyl sites for hydroxylation is 1. The lowest BCUT2D eigenvalue weighted by Gasteiger charge is -1.97. The van der Waals surface area contributed by atoms with Gasteiger partial charge in [0.1, 0.15) is 0 Å². The SMILES string of the molecule is Cc1ccc(/N=C\c2ccccc2[N+](=O)[O-])cc1. The number of benzene rings is 2. The van der Waals surface area contributed by atoms with Gasteiger partial charge in [-0.05, 0) is 25.1 Å². The van der Waals surface area contributed by atoms with Crippen molar-refractivity contribution in [2.45, 2.75) is 6.92 Å². The number of rotatable bonds is 3. The summed E-state index contributed by atoms with van der Waals surface area (Å²) in [6, 6.07) is 14.2. The maximum absolute atomic E-state index is 10.8. The van der Waals surface area contributed by atoms with E-state index in [0.717, 1.165) is 11.3 Å². The summed E-state index contributed by atoms with van der Waals surface area (Å²) in [4.78, 5) is 14.6. The number of hydrogen-bond donors (Lipinski definition) is 0. The molecule has 0 fully saturated rings. The molecule has 0 aromatic heterocycles. The van der Waals surface area contributed by atoms with E-state index in [0.29, 0.717) is 5.56 Å². The van der Waals surface area contributed by atoms with E-state index in [9.17, 15) is 10.1 Å². The van der Waals surface area contributed by atoms with Gasteiger partial charge >= 0.3 is 0 Å². The monoisotopic (exact) mass is 240 g/mol. The minimum Gasteiger partial charge on any atom is -0.258 e. The van der Waals surface area contributed by atoms with Crippen LogP contribution in [-0.4, -0.2) is 11.1 Å². The molecule has 2 aromatic rings. The summed E-state index contributed by atoms with van der Waals surface area (Å²) < 4.78 is 0. The molecule has 0 saturated heterocycles. The molecule has 4 heteroatoms. The molecule has 0 aliphatic carbocycles. The Morgan fingerprint density at radius 3 is 2.44 bits per heavy atom. The van der Waals surface area contributed by atoms with Gasteiger partial charge in [-0.2, -0.15) is 0 Å². The summed E-state index contributed by atoms with van der Waals surface area (Å²) >= 11 is 0. The molecule has 0 unspecified atom stereocenters. The Morgan fingerprint density at radius 1 is 1.11 bits per heavy atom. The zero-order valence-corrected chi connectivity index (χ0v) is 9.91. The Hall–Kier alpha value is -2.49. The zero-order chi connectivity index (χ0) is 13.0. The molecule has 2 rings (SSSR count). The summed E-state index contributed by atoms with van der Waals surface area (Å²) in [5.74, 6) is 0. The highest BCUT2D eigenvalue weighted by molar-refractivity contribution is 5.86. The van der Waals surface area contributed by atoms with Crippen molar-refractivity contribution in [3.63, 3.8) is 0 Å². The van der Waals surface area contributed by atoms with Crippen LogP contribution in [0.2, 0.25) is 0 Å². The molecular weight excluding hydrogens is 228 g/mol. The second kappa shape index (κ2) is 5.23. The van der Waals surface area contributed by atoms with Crippen molar-refractivity contribution >= 4 is 17.6 Å². The van der Waals surface area contributed by atoms with Crippen LogP contribution in [0.4, 0.5) is 11.4 Å². The average Bonchev–Trinajstić information content (AvgIpc) is 2.38. The van der Waals surface area contributed by atoms with Gasteiger partial charge in [-0.1, -0.05) is 29.8 Å². The van der Waals surface area contributed by atoms with Crippen LogP contribution in [0.25, 0.3) is 0 Å². The number of hydrogen-bond acceptors (Lipinski definition) is 3. The van der Waals surface area contributed by atoms with E-state index >= 15 is 0 Å². The van der Waals surface area contributed by atoms with Crippen molar-refractivity contribution in [1.82, 2.24) is 0 Å². The number of nitro benzene ring substituents is 1. The second-order valence-electron chi connectivity index (χ2n) is 3.91. The van der Waals surface area contributed by atoms with Crippen LogP contribution >= 0.6 is 0 Å². The molecule has 0 N–H and O–H groups in total. The molecule has 2 aromatic carbocycles. The normalized spacial score (nSPS) is 10.7. The first-order chi connectivity index (χ1) is 8.66. The van der Waals surface area contributed by atoms with Crippen LogP contribution < -0.4 is 0 Å². The third kappa shape index (κ3) is 2.79. The highest BCUT2D eigenvalue weighted by Crippen LogP contribution is 2.17. The fourth-order valence-corrected chi connectivity index (χ4v) is 1.54. The number of nitrogens with zero attached hydrogens (tertiary/aromatic N) is 2. The van der Waals surface area contributed by atoms with Gasteiger partial charge < -0.3 is 0 Å². The van der Waals surface area contributed by atoms with Crippen molar-refractivity contribution in [3.8, 4) is 0 Å². The quantitative estimate of drug-likeness (QED) is 0.467. The summed E-state index contributed by atoms with van der Waals surface area (Å²) in [5.41, 5.74) is 2.50. The van der Waals surface area contributed by atoms with Crippen molar-refractivity contribution in [2.24, 2.45) is 4.99 Å². The predicted molar refractivity (Wildman–Crippen MR) is 71.5 cm³/mol. The summed E-state index contributed by atoms with van der Waals surface area (Å²) in [7, 11) is 0. The lowest BCUT2D eigenvalue weighted by Crippen LogP contribution is -1.93. The molecule has 0 radical (unpaired) electrons. The lowest BCUT2D eigenvalue weighted by molar-refractivity contribution is -0.385. The molecule has 0 amide bonds. The van der Waals surface area contributed by atoms with E-state index in [1.54, 1.807) is 18.2 Å². The highest BCUT2D eigenvalue weighted by atomic mass is 16.6.